The molecule has 1 atom stereocenters. The first-order valence-corrected chi connectivity index (χ1v) is 9.15. The van der Waals surface area contributed by atoms with Crippen LogP contribution in [0, 0.1) is 11.6 Å². The Labute approximate surface area is 149 Å². The van der Waals surface area contributed by atoms with Crippen LogP contribution in [-0.2, 0) is 0 Å². The summed E-state index contributed by atoms with van der Waals surface area (Å²) in [6.07, 6.45) is -0.0883. The van der Waals surface area contributed by atoms with Crippen LogP contribution in [0.2, 0.25) is 0 Å². The molecule has 1 saturated heterocycles. The molecular weight excluding hydrogens is 346 g/mol. The van der Waals surface area contributed by atoms with Crippen LogP contribution >= 0.6 is 11.3 Å². The molecule has 0 bridgehead atoms. The lowest BCUT2D eigenvalue weighted by atomic mass is 10.1. The van der Waals surface area contributed by atoms with Crippen molar-refractivity contribution in [3.05, 3.63) is 57.8 Å². The predicted molar refractivity (Wildman–Crippen MR) is 92.6 cm³/mol. The maximum Gasteiger partial charge on any atom is 0.254 e. The Morgan fingerprint density at radius 3 is 2.72 bits per heavy atom. The monoisotopic (exact) mass is 366 g/mol. The Morgan fingerprint density at radius 2 is 2.00 bits per heavy atom. The first-order chi connectivity index (χ1) is 12.0. The van der Waals surface area contributed by atoms with Gasteiger partial charge in [-0.1, -0.05) is 6.07 Å². The summed E-state index contributed by atoms with van der Waals surface area (Å²) in [7, 11) is 0. The highest BCUT2D eigenvalue weighted by Gasteiger charge is 2.22. The van der Waals surface area contributed by atoms with Crippen molar-refractivity contribution in [1.82, 2.24) is 9.80 Å². The van der Waals surface area contributed by atoms with Gasteiger partial charge in [-0.2, -0.15) is 11.3 Å². The van der Waals surface area contributed by atoms with Gasteiger partial charge in [-0.15, -0.1) is 0 Å². The molecule has 7 heteroatoms. The largest absolute Gasteiger partial charge is 0.387 e. The number of aliphatic hydroxyl groups is 1. The van der Waals surface area contributed by atoms with E-state index in [2.05, 4.69) is 0 Å². The molecule has 0 aliphatic carbocycles. The van der Waals surface area contributed by atoms with Crippen LogP contribution in [0.5, 0.6) is 0 Å². The number of benzene rings is 1. The van der Waals surface area contributed by atoms with Gasteiger partial charge in [0.2, 0.25) is 0 Å². The van der Waals surface area contributed by atoms with Crippen LogP contribution in [0.3, 0.4) is 0 Å². The van der Waals surface area contributed by atoms with Gasteiger partial charge in [-0.3, -0.25) is 9.69 Å². The molecule has 1 N–H and O–H groups in total. The molecule has 0 saturated carbocycles. The van der Waals surface area contributed by atoms with E-state index in [1.54, 1.807) is 0 Å². The molecule has 1 fully saturated rings. The van der Waals surface area contributed by atoms with Crippen molar-refractivity contribution in [2.24, 2.45) is 0 Å². The zero-order valence-corrected chi connectivity index (χ0v) is 14.5. The van der Waals surface area contributed by atoms with Crippen molar-refractivity contribution >= 4 is 17.2 Å². The minimum absolute atomic E-state index is 0.0317. The third kappa shape index (κ3) is 4.42. The number of hydrogen-bond donors (Lipinski definition) is 1. The van der Waals surface area contributed by atoms with Crippen LogP contribution in [0.25, 0.3) is 0 Å². The van der Waals surface area contributed by atoms with E-state index in [1.807, 2.05) is 26.6 Å². The third-order valence-corrected chi connectivity index (χ3v) is 5.09. The molecule has 2 aromatic rings. The summed E-state index contributed by atoms with van der Waals surface area (Å²) in [4.78, 5) is 16.3. The Bertz CT molecular complexity index is 724. The minimum Gasteiger partial charge on any atom is -0.387 e. The van der Waals surface area contributed by atoms with Gasteiger partial charge in [0.15, 0.2) is 11.6 Å². The maximum atomic E-state index is 13.3. The highest BCUT2D eigenvalue weighted by Crippen LogP contribution is 2.19. The summed E-state index contributed by atoms with van der Waals surface area (Å²) < 4.78 is 26.3. The first kappa shape index (κ1) is 18.0. The van der Waals surface area contributed by atoms with Crippen LogP contribution in [0.15, 0.2) is 35.0 Å². The second-order valence-electron chi connectivity index (χ2n) is 6.15. The summed E-state index contributed by atoms with van der Waals surface area (Å²) in [5.74, 6) is -1.85. The number of halogens is 2. The van der Waals surface area contributed by atoms with Gasteiger partial charge >= 0.3 is 0 Å². The molecule has 0 radical (unpaired) electrons. The van der Waals surface area contributed by atoms with Crippen LogP contribution in [0.1, 0.15) is 28.4 Å². The Morgan fingerprint density at radius 1 is 1.16 bits per heavy atom. The lowest BCUT2D eigenvalue weighted by Gasteiger charge is -2.24. The van der Waals surface area contributed by atoms with Gasteiger partial charge < -0.3 is 10.0 Å². The fraction of sp³-hybridized carbons (Fsp3) is 0.389. The molecular formula is C18H20F2N2O2S. The van der Waals surface area contributed by atoms with Crippen molar-refractivity contribution in [2.75, 3.05) is 32.7 Å². The van der Waals surface area contributed by atoms with E-state index in [4.69, 9.17) is 0 Å². The maximum absolute atomic E-state index is 13.3. The van der Waals surface area contributed by atoms with Crippen LogP contribution < -0.4 is 0 Å². The Kier molecular flexibility index (Phi) is 5.78. The standard InChI is InChI=1S/C18H20F2N2O2S/c19-15-3-2-13(10-16(15)20)17(23)11-21-5-1-6-22(8-7-21)18(24)14-4-9-25-12-14/h2-4,9-10,12,17,23H,1,5-8,11H2/t17-/m0/s1. The van der Waals surface area contributed by atoms with Gasteiger partial charge in [0, 0.05) is 38.1 Å². The second kappa shape index (κ2) is 8.03. The smallest absolute Gasteiger partial charge is 0.254 e. The van der Waals surface area contributed by atoms with Crippen molar-refractivity contribution < 1.29 is 18.7 Å². The van der Waals surface area contributed by atoms with E-state index in [9.17, 15) is 18.7 Å². The van der Waals surface area contributed by atoms with Gasteiger partial charge in [-0.25, -0.2) is 8.78 Å². The molecule has 1 aromatic heterocycles. The highest BCUT2D eigenvalue weighted by atomic mass is 32.1. The van der Waals surface area contributed by atoms with Crippen LogP contribution in [-0.4, -0.2) is 53.5 Å². The van der Waals surface area contributed by atoms with E-state index >= 15 is 0 Å². The van der Waals surface area contributed by atoms with Gasteiger partial charge in [0.25, 0.3) is 5.91 Å². The van der Waals surface area contributed by atoms with Crippen molar-refractivity contribution in [3.8, 4) is 0 Å². The molecule has 2 heterocycles. The molecule has 4 nitrogen and oxygen atoms in total. The Hall–Kier alpha value is -1.83. The van der Waals surface area contributed by atoms with Gasteiger partial charge in [-0.05, 0) is 35.6 Å². The lowest BCUT2D eigenvalue weighted by molar-refractivity contribution is 0.0755. The fourth-order valence-electron chi connectivity index (χ4n) is 2.99. The molecule has 0 unspecified atom stereocenters. The van der Waals surface area contributed by atoms with Crippen LogP contribution in [0.4, 0.5) is 8.78 Å². The van der Waals surface area contributed by atoms with E-state index in [0.717, 1.165) is 25.1 Å². The summed E-state index contributed by atoms with van der Waals surface area (Å²) >= 11 is 1.50. The van der Waals surface area contributed by atoms with E-state index in [1.165, 1.54) is 17.4 Å². The summed E-state index contributed by atoms with van der Waals surface area (Å²) in [5, 5.41) is 14.0. The van der Waals surface area contributed by atoms with Crippen molar-refractivity contribution in [1.29, 1.82) is 0 Å². The zero-order valence-electron chi connectivity index (χ0n) is 13.7. The molecule has 1 amide bonds. The third-order valence-electron chi connectivity index (χ3n) is 4.40. The molecule has 134 valence electrons. The quantitative estimate of drug-likeness (QED) is 0.905. The number of rotatable bonds is 4. The average Bonchev–Trinajstić information content (AvgIpc) is 3.04. The van der Waals surface area contributed by atoms with E-state index < -0.39 is 17.7 Å². The molecule has 3 rings (SSSR count). The summed E-state index contributed by atoms with van der Waals surface area (Å²) in [6, 6.07) is 5.28. The molecule has 25 heavy (non-hydrogen) atoms. The van der Waals surface area contributed by atoms with Crippen molar-refractivity contribution in [3.63, 3.8) is 0 Å². The topological polar surface area (TPSA) is 43.8 Å². The number of nitrogens with zero attached hydrogens (tertiary/aromatic N) is 2. The van der Waals surface area contributed by atoms with Gasteiger partial charge in [0.05, 0.1) is 11.7 Å². The Balaban J connectivity index is 1.57. The highest BCUT2D eigenvalue weighted by molar-refractivity contribution is 7.08. The molecule has 1 aliphatic rings. The number of β-amino-alcohol motifs (C(OH)–C–C–N with tert-alkyl or cyclic N) is 1. The first-order valence-electron chi connectivity index (χ1n) is 8.21. The normalized spacial score (nSPS) is 17.3. The number of hydrogen-bond acceptors (Lipinski definition) is 4. The number of amides is 1. The van der Waals surface area contributed by atoms with E-state index in [-0.39, 0.29) is 5.91 Å². The fourth-order valence-corrected chi connectivity index (χ4v) is 3.62. The summed E-state index contributed by atoms with van der Waals surface area (Å²) in [5.41, 5.74) is 1.06. The summed E-state index contributed by atoms with van der Waals surface area (Å²) in [6.45, 7) is 2.96. The number of aliphatic hydroxyl groups excluding tert-OH is 1. The minimum atomic E-state index is -0.958. The molecule has 0 spiro atoms. The lowest BCUT2D eigenvalue weighted by Crippen LogP contribution is -2.36. The average molecular weight is 366 g/mol. The van der Waals surface area contributed by atoms with Gasteiger partial charge in [0.1, 0.15) is 0 Å². The number of carbonyl (C=O) groups excluding carboxylic acids is 1. The van der Waals surface area contributed by atoms with Crippen molar-refractivity contribution in [2.45, 2.75) is 12.5 Å². The zero-order chi connectivity index (χ0) is 17.8. The predicted octanol–water partition coefficient (Wildman–Crippen LogP) is 2.91. The molecule has 1 aliphatic heterocycles. The SMILES string of the molecule is O=C(c1ccsc1)N1CCCN(C[C@H](O)c2ccc(F)c(F)c2)CC1. The number of carbonyl (C=O) groups is 1. The van der Waals surface area contributed by atoms with E-state index in [0.29, 0.717) is 37.3 Å². The molecule has 1 aromatic carbocycles. The number of thiophene rings is 1. The second-order valence-corrected chi connectivity index (χ2v) is 6.93.